The highest BCUT2D eigenvalue weighted by molar-refractivity contribution is 5.96. The third kappa shape index (κ3) is 3.37. The Balaban J connectivity index is 1.47. The third-order valence-corrected chi connectivity index (χ3v) is 5.48. The molecule has 0 aliphatic heterocycles. The van der Waals surface area contributed by atoms with Crippen molar-refractivity contribution in [3.8, 4) is 17.0 Å². The fraction of sp³-hybridized carbons (Fsp3) is 0.0833. The van der Waals surface area contributed by atoms with Crippen LogP contribution in [0.15, 0.2) is 71.5 Å². The van der Waals surface area contributed by atoms with E-state index in [4.69, 9.17) is 20.9 Å². The molecule has 0 fully saturated rings. The van der Waals surface area contributed by atoms with Gasteiger partial charge in [-0.2, -0.15) is 5.10 Å². The molecule has 158 valence electrons. The standard InChI is InChI=1S/C24H20N6O2/c1-30-20-11-8-15(22-17-4-2-3-5-18(17)24(31)29-28-22)12-19(20)27-21(30)13-32-16-9-6-14(7-10-16)23(25)26/h2-12H,13H2,1H3,(H3,25,26)(H,29,31). The summed E-state index contributed by atoms with van der Waals surface area (Å²) in [6.07, 6.45) is 0. The van der Waals surface area contributed by atoms with Gasteiger partial charge in [-0.25, -0.2) is 10.1 Å². The van der Waals surface area contributed by atoms with Crippen LogP contribution in [-0.2, 0) is 13.7 Å². The first-order chi connectivity index (χ1) is 15.5. The van der Waals surface area contributed by atoms with Crippen LogP contribution in [0.1, 0.15) is 11.4 Å². The van der Waals surface area contributed by atoms with E-state index in [1.54, 1.807) is 30.3 Å². The predicted octanol–water partition coefficient (Wildman–Crippen LogP) is 3.34. The molecule has 0 aliphatic rings. The highest BCUT2D eigenvalue weighted by atomic mass is 16.5. The Morgan fingerprint density at radius 2 is 1.84 bits per heavy atom. The first-order valence-electron chi connectivity index (χ1n) is 10.0. The lowest BCUT2D eigenvalue weighted by Crippen LogP contribution is -2.10. The second-order valence-electron chi connectivity index (χ2n) is 7.46. The summed E-state index contributed by atoms with van der Waals surface area (Å²) in [5, 5.41) is 15.7. The number of H-pyrrole nitrogens is 1. The minimum Gasteiger partial charge on any atom is -0.486 e. The van der Waals surface area contributed by atoms with E-state index in [-0.39, 0.29) is 11.4 Å². The number of nitrogens with two attached hydrogens (primary N) is 1. The number of ether oxygens (including phenoxy) is 1. The Kier molecular flexibility index (Phi) is 4.67. The number of imidazole rings is 1. The number of aromatic nitrogens is 4. The zero-order valence-corrected chi connectivity index (χ0v) is 17.3. The molecule has 32 heavy (non-hydrogen) atoms. The van der Waals surface area contributed by atoms with Crippen molar-refractivity contribution in [2.75, 3.05) is 0 Å². The van der Waals surface area contributed by atoms with Crippen molar-refractivity contribution < 1.29 is 4.74 Å². The SMILES string of the molecule is Cn1c(COc2ccc(C(=N)N)cc2)nc2cc(-c3n[nH]c(=O)c4ccccc34)ccc21. The number of nitrogen functional groups attached to an aromatic ring is 1. The second-order valence-corrected chi connectivity index (χ2v) is 7.46. The molecule has 0 aliphatic carbocycles. The lowest BCUT2D eigenvalue weighted by molar-refractivity contribution is 0.292. The van der Waals surface area contributed by atoms with E-state index in [9.17, 15) is 4.79 Å². The van der Waals surface area contributed by atoms with E-state index < -0.39 is 0 Å². The smallest absolute Gasteiger partial charge is 0.272 e. The largest absolute Gasteiger partial charge is 0.486 e. The Labute approximate surface area is 182 Å². The molecule has 8 heteroatoms. The highest BCUT2D eigenvalue weighted by Crippen LogP contribution is 2.27. The van der Waals surface area contributed by atoms with Gasteiger partial charge in [-0.15, -0.1) is 0 Å². The van der Waals surface area contributed by atoms with Crippen molar-refractivity contribution in [3.05, 3.63) is 88.5 Å². The van der Waals surface area contributed by atoms with Crippen LogP contribution < -0.4 is 16.0 Å². The number of amidine groups is 1. The fourth-order valence-electron chi connectivity index (χ4n) is 3.74. The number of aryl methyl sites for hydroxylation is 1. The van der Waals surface area contributed by atoms with E-state index in [1.807, 2.05) is 48.0 Å². The van der Waals surface area contributed by atoms with Gasteiger partial charge in [-0.3, -0.25) is 10.2 Å². The molecule has 0 spiro atoms. The molecule has 0 saturated carbocycles. The zero-order chi connectivity index (χ0) is 22.2. The Bertz CT molecular complexity index is 1530. The number of hydrogen-bond donors (Lipinski definition) is 3. The van der Waals surface area contributed by atoms with Crippen molar-refractivity contribution >= 4 is 27.6 Å². The normalized spacial score (nSPS) is 11.2. The van der Waals surface area contributed by atoms with Gasteiger partial charge in [0.2, 0.25) is 0 Å². The fourth-order valence-corrected chi connectivity index (χ4v) is 3.74. The Hall–Kier alpha value is -4.46. The van der Waals surface area contributed by atoms with Crippen LogP contribution >= 0.6 is 0 Å². The summed E-state index contributed by atoms with van der Waals surface area (Å²) >= 11 is 0. The molecule has 0 atom stereocenters. The number of nitrogens with zero attached hydrogens (tertiary/aromatic N) is 3. The minimum atomic E-state index is -0.209. The van der Waals surface area contributed by atoms with Crippen LogP contribution in [-0.4, -0.2) is 25.6 Å². The molecule has 0 amide bonds. The summed E-state index contributed by atoms with van der Waals surface area (Å²) < 4.78 is 7.86. The van der Waals surface area contributed by atoms with Crippen LogP contribution in [0.4, 0.5) is 0 Å². The summed E-state index contributed by atoms with van der Waals surface area (Å²) in [4.78, 5) is 16.8. The van der Waals surface area contributed by atoms with Crippen molar-refractivity contribution in [2.24, 2.45) is 12.8 Å². The van der Waals surface area contributed by atoms with Gasteiger partial charge in [0.25, 0.3) is 5.56 Å². The highest BCUT2D eigenvalue weighted by Gasteiger charge is 2.13. The molecular formula is C24H20N6O2. The summed E-state index contributed by atoms with van der Waals surface area (Å²) in [5.74, 6) is 1.46. The van der Waals surface area contributed by atoms with Crippen LogP contribution in [0.25, 0.3) is 33.1 Å². The van der Waals surface area contributed by atoms with E-state index in [0.717, 1.165) is 27.8 Å². The molecule has 5 rings (SSSR count). The van der Waals surface area contributed by atoms with Crippen molar-refractivity contribution in [1.29, 1.82) is 5.41 Å². The maximum absolute atomic E-state index is 12.1. The first-order valence-corrected chi connectivity index (χ1v) is 10.0. The molecule has 0 radical (unpaired) electrons. The number of benzene rings is 3. The molecule has 0 saturated heterocycles. The summed E-state index contributed by atoms with van der Waals surface area (Å²) in [7, 11) is 1.94. The van der Waals surface area contributed by atoms with Gasteiger partial charge in [0, 0.05) is 23.6 Å². The molecule has 8 nitrogen and oxygen atoms in total. The van der Waals surface area contributed by atoms with Gasteiger partial charge in [0.15, 0.2) is 0 Å². The summed E-state index contributed by atoms with van der Waals surface area (Å²) in [6, 6.07) is 20.4. The van der Waals surface area contributed by atoms with Crippen LogP contribution in [0.5, 0.6) is 5.75 Å². The molecular weight excluding hydrogens is 404 g/mol. The number of aromatic amines is 1. The van der Waals surface area contributed by atoms with E-state index >= 15 is 0 Å². The molecule has 0 unspecified atom stereocenters. The van der Waals surface area contributed by atoms with Crippen molar-refractivity contribution in [2.45, 2.75) is 6.61 Å². The minimum absolute atomic E-state index is 0.0208. The lowest BCUT2D eigenvalue weighted by Gasteiger charge is -2.07. The predicted molar refractivity (Wildman–Crippen MR) is 124 cm³/mol. The van der Waals surface area contributed by atoms with Gasteiger partial charge in [0.05, 0.1) is 22.1 Å². The third-order valence-electron chi connectivity index (χ3n) is 5.48. The van der Waals surface area contributed by atoms with Gasteiger partial charge in [-0.05, 0) is 42.5 Å². The summed E-state index contributed by atoms with van der Waals surface area (Å²) in [5.41, 5.74) is 9.28. The Morgan fingerprint density at radius 1 is 1.09 bits per heavy atom. The van der Waals surface area contributed by atoms with E-state index in [0.29, 0.717) is 29.0 Å². The number of fused-ring (bicyclic) bond motifs is 2. The molecule has 0 bridgehead atoms. The maximum Gasteiger partial charge on any atom is 0.272 e. The quantitative estimate of drug-likeness (QED) is 0.295. The zero-order valence-electron chi connectivity index (χ0n) is 17.3. The van der Waals surface area contributed by atoms with Crippen molar-refractivity contribution in [1.82, 2.24) is 19.7 Å². The van der Waals surface area contributed by atoms with Gasteiger partial charge in [-0.1, -0.05) is 24.3 Å². The summed E-state index contributed by atoms with van der Waals surface area (Å²) in [6.45, 7) is 0.291. The van der Waals surface area contributed by atoms with Crippen LogP contribution in [0, 0.1) is 5.41 Å². The van der Waals surface area contributed by atoms with E-state index in [1.165, 1.54) is 0 Å². The molecule has 4 N–H and O–H groups in total. The lowest BCUT2D eigenvalue weighted by atomic mass is 10.0. The maximum atomic E-state index is 12.1. The van der Waals surface area contributed by atoms with Crippen LogP contribution in [0.2, 0.25) is 0 Å². The number of rotatable bonds is 5. The number of nitrogens with one attached hydrogen (secondary N) is 2. The van der Waals surface area contributed by atoms with E-state index in [2.05, 4.69) is 10.2 Å². The average Bonchev–Trinajstić information content (AvgIpc) is 3.13. The monoisotopic (exact) mass is 424 g/mol. The average molecular weight is 424 g/mol. The molecule has 3 aromatic carbocycles. The molecule has 2 heterocycles. The topological polar surface area (TPSA) is 123 Å². The number of hydrogen-bond acceptors (Lipinski definition) is 5. The van der Waals surface area contributed by atoms with Gasteiger partial charge >= 0.3 is 0 Å². The second kappa shape index (κ2) is 7.66. The van der Waals surface area contributed by atoms with Gasteiger partial charge < -0.3 is 15.0 Å². The van der Waals surface area contributed by atoms with Gasteiger partial charge in [0.1, 0.15) is 24.0 Å². The first kappa shape index (κ1) is 19.5. The Morgan fingerprint density at radius 3 is 2.59 bits per heavy atom. The molecule has 2 aromatic heterocycles. The van der Waals surface area contributed by atoms with Crippen LogP contribution in [0.3, 0.4) is 0 Å². The van der Waals surface area contributed by atoms with Crippen molar-refractivity contribution in [3.63, 3.8) is 0 Å². The molecule has 5 aromatic rings.